The van der Waals surface area contributed by atoms with E-state index in [-0.39, 0.29) is 17.6 Å². The summed E-state index contributed by atoms with van der Waals surface area (Å²) in [4.78, 5) is 18.8. The van der Waals surface area contributed by atoms with Gasteiger partial charge in [-0.05, 0) is 40.9 Å². The maximum Gasteiger partial charge on any atom is 0.147 e. The van der Waals surface area contributed by atoms with Gasteiger partial charge in [-0.15, -0.1) is 0 Å². The third kappa shape index (κ3) is 4.11. The Balaban J connectivity index is 1.90. The first-order chi connectivity index (χ1) is 13.2. The smallest absolute Gasteiger partial charge is 0.147 e. The van der Waals surface area contributed by atoms with Crippen molar-refractivity contribution in [2.75, 3.05) is 0 Å². The van der Waals surface area contributed by atoms with E-state index in [0.717, 1.165) is 30.4 Å². The van der Waals surface area contributed by atoms with Crippen LogP contribution in [0.5, 0.6) is 0 Å². The highest BCUT2D eigenvalue weighted by molar-refractivity contribution is 5.92. The lowest BCUT2D eigenvalue weighted by Crippen LogP contribution is -2.30. The number of rotatable bonds is 5. The molecule has 7 nitrogen and oxygen atoms in total. The molecule has 7 heteroatoms. The highest BCUT2D eigenvalue weighted by atomic mass is 16.1. The van der Waals surface area contributed by atoms with Crippen LogP contribution in [0, 0.1) is 5.92 Å². The van der Waals surface area contributed by atoms with E-state index in [1.807, 2.05) is 24.3 Å². The van der Waals surface area contributed by atoms with Crippen molar-refractivity contribution in [3.8, 4) is 0 Å². The van der Waals surface area contributed by atoms with Crippen molar-refractivity contribution < 1.29 is 4.79 Å². The SMILES string of the molecule is CCC1CC(c2ccc(N=[N+]=[N-])cc2)C(=O)C(c2ccc(N=[N+]=[N-])cc2)C1. The van der Waals surface area contributed by atoms with E-state index in [4.69, 9.17) is 11.1 Å². The van der Waals surface area contributed by atoms with Gasteiger partial charge in [-0.2, -0.15) is 0 Å². The Bertz CT molecular complexity index is 835. The number of benzene rings is 2. The second-order valence-corrected chi connectivity index (χ2v) is 6.82. The highest BCUT2D eigenvalue weighted by Gasteiger charge is 2.37. The maximum absolute atomic E-state index is 13.2. The molecule has 0 aromatic heterocycles. The number of Topliss-reactive ketones (excluding diaryl/α,β-unsaturated/α-hetero) is 1. The summed E-state index contributed by atoms with van der Waals surface area (Å²) in [7, 11) is 0. The molecule has 0 saturated heterocycles. The fraction of sp³-hybridized carbons (Fsp3) is 0.350. The zero-order valence-corrected chi connectivity index (χ0v) is 15.1. The molecule has 0 aliphatic heterocycles. The monoisotopic (exact) mass is 360 g/mol. The third-order valence-corrected chi connectivity index (χ3v) is 5.31. The molecule has 1 saturated carbocycles. The summed E-state index contributed by atoms with van der Waals surface area (Å²) in [6.45, 7) is 2.16. The molecule has 0 radical (unpaired) electrons. The normalized spacial score (nSPS) is 21.8. The van der Waals surface area contributed by atoms with Crippen molar-refractivity contribution in [2.45, 2.75) is 38.0 Å². The zero-order chi connectivity index (χ0) is 19.2. The van der Waals surface area contributed by atoms with Crippen molar-refractivity contribution in [2.24, 2.45) is 16.1 Å². The number of hydrogen-bond donors (Lipinski definition) is 0. The lowest BCUT2D eigenvalue weighted by molar-refractivity contribution is -0.124. The molecule has 3 rings (SSSR count). The van der Waals surface area contributed by atoms with Gasteiger partial charge in [0.2, 0.25) is 0 Å². The molecule has 2 atom stereocenters. The van der Waals surface area contributed by atoms with Crippen molar-refractivity contribution in [1.29, 1.82) is 0 Å². The summed E-state index contributed by atoms with van der Waals surface area (Å²) in [5.41, 5.74) is 20.1. The average molecular weight is 360 g/mol. The molecule has 2 aromatic rings. The van der Waals surface area contributed by atoms with Crippen LogP contribution in [0.1, 0.15) is 49.1 Å². The van der Waals surface area contributed by atoms with Crippen molar-refractivity contribution in [3.05, 3.63) is 80.5 Å². The van der Waals surface area contributed by atoms with Gasteiger partial charge in [-0.25, -0.2) is 0 Å². The van der Waals surface area contributed by atoms with Crippen LogP contribution in [0.15, 0.2) is 58.8 Å². The van der Waals surface area contributed by atoms with Crippen molar-refractivity contribution in [1.82, 2.24) is 0 Å². The van der Waals surface area contributed by atoms with Gasteiger partial charge in [0, 0.05) is 33.0 Å². The summed E-state index contributed by atoms with van der Waals surface area (Å²) in [6.07, 6.45) is 2.70. The Morgan fingerprint density at radius 2 is 1.26 bits per heavy atom. The Morgan fingerprint density at radius 3 is 1.59 bits per heavy atom. The molecule has 1 aliphatic carbocycles. The molecule has 0 spiro atoms. The molecule has 136 valence electrons. The third-order valence-electron chi connectivity index (χ3n) is 5.31. The van der Waals surface area contributed by atoms with Gasteiger partial charge in [0.1, 0.15) is 5.78 Å². The van der Waals surface area contributed by atoms with E-state index in [9.17, 15) is 4.79 Å². The topological polar surface area (TPSA) is 115 Å². The van der Waals surface area contributed by atoms with E-state index in [1.54, 1.807) is 24.3 Å². The van der Waals surface area contributed by atoms with Crippen LogP contribution >= 0.6 is 0 Å². The van der Waals surface area contributed by atoms with Gasteiger partial charge in [0.25, 0.3) is 0 Å². The fourth-order valence-corrected chi connectivity index (χ4v) is 3.82. The van der Waals surface area contributed by atoms with E-state index in [1.165, 1.54) is 0 Å². The van der Waals surface area contributed by atoms with Gasteiger partial charge in [0.15, 0.2) is 0 Å². The first-order valence-corrected chi connectivity index (χ1v) is 9.00. The minimum absolute atomic E-state index is 0.161. The van der Waals surface area contributed by atoms with Gasteiger partial charge in [-0.1, -0.05) is 72.1 Å². The number of hydrogen-bond acceptors (Lipinski definition) is 3. The number of nitrogens with zero attached hydrogens (tertiary/aromatic N) is 6. The average Bonchev–Trinajstić information content (AvgIpc) is 2.70. The summed E-state index contributed by atoms with van der Waals surface area (Å²) in [5.74, 6) is 0.357. The lowest BCUT2D eigenvalue weighted by atomic mass is 9.69. The molecular formula is C20H20N6O. The van der Waals surface area contributed by atoms with E-state index in [0.29, 0.717) is 17.3 Å². The molecular weight excluding hydrogens is 340 g/mol. The molecule has 0 heterocycles. The molecule has 0 bridgehead atoms. The Morgan fingerprint density at radius 1 is 0.852 bits per heavy atom. The number of carbonyl (C=O) groups excluding carboxylic acids is 1. The minimum atomic E-state index is -0.161. The molecule has 1 aliphatic rings. The summed E-state index contributed by atoms with van der Waals surface area (Å²) in [5, 5.41) is 7.18. The Hall–Kier alpha value is -3.27. The van der Waals surface area contributed by atoms with Gasteiger partial charge >= 0.3 is 0 Å². The highest BCUT2D eigenvalue weighted by Crippen LogP contribution is 2.43. The standard InChI is InChI=1S/C20H20N6O/c1-2-13-11-18(14-3-7-16(8-4-14)23-25-21)20(27)19(12-13)15-5-9-17(10-6-15)24-26-22/h3-10,13,18-19H,2,11-12H2,1H3. The molecule has 27 heavy (non-hydrogen) atoms. The van der Waals surface area contributed by atoms with Crippen LogP contribution in [0.3, 0.4) is 0 Å². The summed E-state index contributed by atoms with van der Waals surface area (Å²) < 4.78 is 0. The van der Waals surface area contributed by atoms with Gasteiger partial charge in [-0.3, -0.25) is 4.79 Å². The number of ketones is 1. The zero-order valence-electron chi connectivity index (χ0n) is 15.1. The van der Waals surface area contributed by atoms with Crippen molar-refractivity contribution in [3.63, 3.8) is 0 Å². The van der Waals surface area contributed by atoms with Crippen molar-refractivity contribution >= 4 is 17.2 Å². The molecule has 2 unspecified atom stereocenters. The first-order valence-electron chi connectivity index (χ1n) is 9.00. The predicted molar refractivity (Wildman–Crippen MR) is 104 cm³/mol. The fourth-order valence-electron chi connectivity index (χ4n) is 3.82. The summed E-state index contributed by atoms with van der Waals surface area (Å²) >= 11 is 0. The van der Waals surface area contributed by atoms with Crippen LogP contribution in [-0.4, -0.2) is 5.78 Å². The van der Waals surface area contributed by atoms with Crippen LogP contribution in [-0.2, 0) is 4.79 Å². The Labute approximate surface area is 157 Å². The second kappa shape index (κ2) is 8.41. The number of azide groups is 2. The molecule has 0 N–H and O–H groups in total. The van der Waals surface area contributed by atoms with Crippen LogP contribution in [0.25, 0.3) is 20.9 Å². The lowest BCUT2D eigenvalue weighted by Gasteiger charge is -2.34. The first kappa shape index (κ1) is 18.5. The largest absolute Gasteiger partial charge is 0.298 e. The maximum atomic E-state index is 13.2. The molecule has 0 amide bonds. The van der Waals surface area contributed by atoms with Crippen LogP contribution in [0.2, 0.25) is 0 Å². The second-order valence-electron chi connectivity index (χ2n) is 6.82. The van der Waals surface area contributed by atoms with Gasteiger partial charge in [0.05, 0.1) is 0 Å². The molecule has 2 aromatic carbocycles. The van der Waals surface area contributed by atoms with E-state index < -0.39 is 0 Å². The van der Waals surface area contributed by atoms with Crippen LogP contribution in [0.4, 0.5) is 11.4 Å². The summed E-state index contributed by atoms with van der Waals surface area (Å²) in [6, 6.07) is 14.5. The molecule has 1 fully saturated rings. The van der Waals surface area contributed by atoms with Gasteiger partial charge < -0.3 is 0 Å². The number of carbonyl (C=O) groups is 1. The van der Waals surface area contributed by atoms with E-state index >= 15 is 0 Å². The minimum Gasteiger partial charge on any atom is -0.298 e. The predicted octanol–water partition coefficient (Wildman–Crippen LogP) is 6.83. The Kier molecular flexibility index (Phi) is 5.77. The quantitative estimate of drug-likeness (QED) is 0.324. The van der Waals surface area contributed by atoms with E-state index in [2.05, 4.69) is 27.0 Å². The van der Waals surface area contributed by atoms with Crippen LogP contribution < -0.4 is 0 Å².